The lowest BCUT2D eigenvalue weighted by Gasteiger charge is -2.25. The Kier molecular flexibility index (Phi) is 9.73. The lowest BCUT2D eigenvalue weighted by atomic mass is 9.96. The summed E-state index contributed by atoms with van der Waals surface area (Å²) >= 11 is 0. The third-order valence-electron chi connectivity index (χ3n) is 5.14. The summed E-state index contributed by atoms with van der Waals surface area (Å²) in [6, 6.07) is 9.13. The van der Waals surface area contributed by atoms with Crippen molar-refractivity contribution in [2.45, 2.75) is 71.5 Å². The van der Waals surface area contributed by atoms with E-state index in [9.17, 15) is 0 Å². The molecular formula is C21H33IN6. The highest BCUT2D eigenvalue weighted by atomic mass is 127. The summed E-state index contributed by atoms with van der Waals surface area (Å²) in [5.41, 5.74) is 2.51. The number of rotatable bonds is 7. The van der Waals surface area contributed by atoms with Crippen LogP contribution in [0.1, 0.15) is 56.0 Å². The van der Waals surface area contributed by atoms with Crippen LogP contribution >= 0.6 is 24.0 Å². The molecule has 0 amide bonds. The molecule has 1 heterocycles. The molecule has 6 nitrogen and oxygen atoms in total. The SMILES string of the molecule is CCc1nncn1CCNC(=NCc1ccc(C)cc1)NC1CCCCC1.I. The quantitative estimate of drug-likeness (QED) is 0.348. The fourth-order valence-corrected chi connectivity index (χ4v) is 3.49. The minimum absolute atomic E-state index is 0. The van der Waals surface area contributed by atoms with Crippen molar-refractivity contribution in [1.29, 1.82) is 0 Å². The fourth-order valence-electron chi connectivity index (χ4n) is 3.49. The molecule has 1 fully saturated rings. The Morgan fingerprint density at radius 2 is 1.93 bits per heavy atom. The van der Waals surface area contributed by atoms with Crippen LogP contribution in [0, 0.1) is 6.92 Å². The maximum atomic E-state index is 4.83. The predicted molar refractivity (Wildman–Crippen MR) is 125 cm³/mol. The Morgan fingerprint density at radius 1 is 1.18 bits per heavy atom. The molecule has 1 aliphatic rings. The van der Waals surface area contributed by atoms with Crippen LogP contribution in [0.3, 0.4) is 0 Å². The van der Waals surface area contributed by atoms with Gasteiger partial charge in [0.1, 0.15) is 12.2 Å². The first-order valence-corrected chi connectivity index (χ1v) is 10.2. The molecule has 0 spiro atoms. The number of aliphatic imine (C=N–C) groups is 1. The number of hydrogen-bond acceptors (Lipinski definition) is 3. The van der Waals surface area contributed by atoms with Crippen LogP contribution in [0.4, 0.5) is 0 Å². The highest BCUT2D eigenvalue weighted by Gasteiger charge is 2.14. The molecule has 2 aromatic rings. The number of benzene rings is 1. The van der Waals surface area contributed by atoms with Crippen LogP contribution in [-0.2, 0) is 19.5 Å². The Labute approximate surface area is 185 Å². The summed E-state index contributed by atoms with van der Waals surface area (Å²) in [4.78, 5) is 4.83. The average molecular weight is 496 g/mol. The molecular weight excluding hydrogens is 463 g/mol. The second-order valence-electron chi connectivity index (χ2n) is 7.35. The van der Waals surface area contributed by atoms with E-state index in [1.54, 1.807) is 6.33 Å². The summed E-state index contributed by atoms with van der Waals surface area (Å²) < 4.78 is 2.10. The van der Waals surface area contributed by atoms with Crippen molar-refractivity contribution in [2.75, 3.05) is 6.54 Å². The molecule has 154 valence electrons. The number of nitrogens with zero attached hydrogens (tertiary/aromatic N) is 4. The number of aryl methyl sites for hydroxylation is 2. The number of aromatic nitrogens is 3. The van der Waals surface area contributed by atoms with Crippen molar-refractivity contribution >= 4 is 29.9 Å². The van der Waals surface area contributed by atoms with Crippen molar-refractivity contribution < 1.29 is 0 Å². The maximum Gasteiger partial charge on any atom is 0.191 e. The monoisotopic (exact) mass is 496 g/mol. The average Bonchev–Trinajstić information content (AvgIpc) is 3.15. The van der Waals surface area contributed by atoms with Gasteiger partial charge in [-0.05, 0) is 25.3 Å². The Hall–Kier alpha value is -1.64. The highest BCUT2D eigenvalue weighted by molar-refractivity contribution is 14.0. The van der Waals surface area contributed by atoms with Crippen LogP contribution < -0.4 is 10.6 Å². The third-order valence-corrected chi connectivity index (χ3v) is 5.14. The van der Waals surface area contributed by atoms with Gasteiger partial charge in [0, 0.05) is 25.6 Å². The van der Waals surface area contributed by atoms with E-state index < -0.39 is 0 Å². The van der Waals surface area contributed by atoms with Crippen LogP contribution in [0.25, 0.3) is 0 Å². The first kappa shape index (κ1) is 22.6. The first-order chi connectivity index (χ1) is 13.2. The molecule has 3 rings (SSSR count). The van der Waals surface area contributed by atoms with E-state index in [0.717, 1.165) is 31.3 Å². The predicted octanol–water partition coefficient (Wildman–Crippen LogP) is 3.84. The van der Waals surface area contributed by atoms with Gasteiger partial charge in [0.15, 0.2) is 5.96 Å². The van der Waals surface area contributed by atoms with Gasteiger partial charge < -0.3 is 15.2 Å². The maximum absolute atomic E-state index is 4.83. The zero-order valence-electron chi connectivity index (χ0n) is 17.0. The first-order valence-electron chi connectivity index (χ1n) is 10.2. The molecule has 0 saturated heterocycles. The molecule has 0 atom stereocenters. The van der Waals surface area contributed by atoms with Crippen molar-refractivity contribution in [3.63, 3.8) is 0 Å². The number of hydrogen-bond donors (Lipinski definition) is 2. The lowest BCUT2D eigenvalue weighted by Crippen LogP contribution is -2.45. The third kappa shape index (κ3) is 7.07. The van der Waals surface area contributed by atoms with Crippen LogP contribution in [0.2, 0.25) is 0 Å². The van der Waals surface area contributed by atoms with Gasteiger partial charge in [0.2, 0.25) is 0 Å². The lowest BCUT2D eigenvalue weighted by molar-refractivity contribution is 0.409. The van der Waals surface area contributed by atoms with E-state index in [1.165, 1.54) is 43.2 Å². The van der Waals surface area contributed by atoms with Gasteiger partial charge in [-0.2, -0.15) is 0 Å². The van der Waals surface area contributed by atoms with E-state index in [1.807, 2.05) is 0 Å². The smallest absolute Gasteiger partial charge is 0.191 e. The van der Waals surface area contributed by atoms with Crippen molar-refractivity contribution in [1.82, 2.24) is 25.4 Å². The molecule has 0 aliphatic heterocycles. The van der Waals surface area contributed by atoms with Crippen molar-refractivity contribution in [2.24, 2.45) is 4.99 Å². The fraction of sp³-hybridized carbons (Fsp3) is 0.571. The minimum Gasteiger partial charge on any atom is -0.355 e. The van der Waals surface area contributed by atoms with Gasteiger partial charge in [-0.1, -0.05) is 56.0 Å². The molecule has 7 heteroatoms. The second-order valence-corrected chi connectivity index (χ2v) is 7.35. The highest BCUT2D eigenvalue weighted by Crippen LogP contribution is 2.17. The van der Waals surface area contributed by atoms with Gasteiger partial charge in [-0.15, -0.1) is 34.2 Å². The van der Waals surface area contributed by atoms with Crippen LogP contribution in [0.15, 0.2) is 35.6 Å². The largest absolute Gasteiger partial charge is 0.355 e. The second kappa shape index (κ2) is 12.0. The molecule has 1 aliphatic carbocycles. The zero-order valence-corrected chi connectivity index (χ0v) is 19.4. The Morgan fingerprint density at radius 3 is 2.64 bits per heavy atom. The zero-order chi connectivity index (χ0) is 18.9. The normalized spacial score (nSPS) is 15.1. The van der Waals surface area contributed by atoms with E-state index in [2.05, 4.69) is 63.5 Å². The molecule has 0 radical (unpaired) electrons. The summed E-state index contributed by atoms with van der Waals surface area (Å²) in [6.07, 6.45) is 9.14. The van der Waals surface area contributed by atoms with Crippen LogP contribution in [0.5, 0.6) is 0 Å². The Bertz CT molecular complexity index is 719. The van der Waals surface area contributed by atoms with E-state index in [-0.39, 0.29) is 24.0 Å². The van der Waals surface area contributed by atoms with Gasteiger partial charge in [-0.25, -0.2) is 4.99 Å². The standard InChI is InChI=1S/C21H32N6.HI/c1-3-20-26-24-16-27(20)14-13-22-21(25-19-7-5-4-6-8-19)23-15-18-11-9-17(2)10-12-18;/h9-12,16,19H,3-8,13-15H2,1-2H3,(H2,22,23,25);1H. The number of halogens is 1. The molecule has 1 aromatic carbocycles. The molecule has 1 aromatic heterocycles. The van der Waals surface area contributed by atoms with Gasteiger partial charge in [0.25, 0.3) is 0 Å². The number of nitrogens with one attached hydrogen (secondary N) is 2. The summed E-state index contributed by atoms with van der Waals surface area (Å²) in [5, 5.41) is 15.3. The summed E-state index contributed by atoms with van der Waals surface area (Å²) in [7, 11) is 0. The molecule has 0 bridgehead atoms. The summed E-state index contributed by atoms with van der Waals surface area (Å²) in [6.45, 7) is 6.55. The molecule has 28 heavy (non-hydrogen) atoms. The molecule has 1 saturated carbocycles. The van der Waals surface area contributed by atoms with Crippen molar-refractivity contribution in [3.8, 4) is 0 Å². The Balaban J connectivity index is 0.00000280. The van der Waals surface area contributed by atoms with Crippen LogP contribution in [-0.4, -0.2) is 33.3 Å². The number of guanidine groups is 1. The van der Waals surface area contributed by atoms with Crippen molar-refractivity contribution in [3.05, 3.63) is 47.5 Å². The topological polar surface area (TPSA) is 67.1 Å². The minimum atomic E-state index is 0. The molecule has 2 N–H and O–H groups in total. The molecule has 0 unspecified atom stereocenters. The van der Waals surface area contributed by atoms with Gasteiger partial charge in [0.05, 0.1) is 6.54 Å². The van der Waals surface area contributed by atoms with Gasteiger partial charge in [-0.3, -0.25) is 0 Å². The van der Waals surface area contributed by atoms with E-state index in [4.69, 9.17) is 4.99 Å². The van der Waals surface area contributed by atoms with Gasteiger partial charge >= 0.3 is 0 Å². The van der Waals surface area contributed by atoms with E-state index >= 15 is 0 Å². The van der Waals surface area contributed by atoms with E-state index in [0.29, 0.717) is 12.6 Å². The summed E-state index contributed by atoms with van der Waals surface area (Å²) in [5.74, 6) is 1.93.